The molecule has 0 bridgehead atoms. The molecule has 7 heteroatoms. The van der Waals surface area contributed by atoms with Gasteiger partial charge in [0.2, 0.25) is 5.91 Å². The lowest BCUT2D eigenvalue weighted by atomic mass is 9.99. The normalized spacial score (nSPS) is 16.8. The number of aryl methyl sites for hydroxylation is 2. The van der Waals surface area contributed by atoms with Gasteiger partial charge in [0.1, 0.15) is 6.54 Å². The monoisotopic (exact) mass is 519 g/mol. The highest BCUT2D eigenvalue weighted by Gasteiger charge is 2.28. The van der Waals surface area contributed by atoms with Crippen molar-refractivity contribution < 1.29 is 13.2 Å². The first kappa shape index (κ1) is 26.7. The zero-order valence-corrected chi connectivity index (χ0v) is 23.0. The summed E-state index contributed by atoms with van der Waals surface area (Å²) in [6.07, 6.45) is 2.48. The van der Waals surface area contributed by atoms with Crippen LogP contribution in [0.2, 0.25) is 0 Å². The number of nitrogens with zero attached hydrogens (tertiary/aromatic N) is 2. The predicted octanol–water partition coefficient (Wildman–Crippen LogP) is 5.61. The van der Waals surface area contributed by atoms with E-state index in [4.69, 9.17) is 0 Å². The Balaban J connectivity index is 1.51. The maximum atomic E-state index is 13.6. The molecule has 3 aromatic carbocycles. The van der Waals surface area contributed by atoms with Crippen molar-refractivity contribution in [2.75, 3.05) is 28.8 Å². The van der Waals surface area contributed by atoms with Gasteiger partial charge in [-0.3, -0.25) is 9.10 Å². The van der Waals surface area contributed by atoms with E-state index in [1.807, 2.05) is 45.0 Å². The minimum atomic E-state index is -3.93. The molecule has 1 amide bonds. The lowest BCUT2D eigenvalue weighted by Crippen LogP contribution is -2.41. The van der Waals surface area contributed by atoms with E-state index in [-0.39, 0.29) is 23.4 Å². The van der Waals surface area contributed by atoms with Crippen LogP contribution in [0.25, 0.3) is 0 Å². The third-order valence-electron chi connectivity index (χ3n) is 7.19. The van der Waals surface area contributed by atoms with E-state index < -0.39 is 10.0 Å². The fourth-order valence-corrected chi connectivity index (χ4v) is 6.25. The second kappa shape index (κ2) is 11.4. The molecular weight excluding hydrogens is 482 g/mol. The fraction of sp³-hybridized carbons (Fsp3) is 0.367. The molecule has 0 saturated carbocycles. The summed E-state index contributed by atoms with van der Waals surface area (Å²) in [7, 11) is -3.93. The third kappa shape index (κ3) is 6.34. The topological polar surface area (TPSA) is 69.7 Å². The fourth-order valence-electron chi connectivity index (χ4n) is 4.81. The van der Waals surface area contributed by atoms with E-state index in [1.54, 1.807) is 36.4 Å². The maximum Gasteiger partial charge on any atom is 0.264 e. The minimum absolute atomic E-state index is 0.150. The van der Waals surface area contributed by atoms with E-state index in [2.05, 4.69) is 29.3 Å². The molecule has 2 atom stereocenters. The van der Waals surface area contributed by atoms with Gasteiger partial charge in [0.15, 0.2) is 0 Å². The van der Waals surface area contributed by atoms with E-state index in [0.29, 0.717) is 11.6 Å². The van der Waals surface area contributed by atoms with Gasteiger partial charge in [-0.1, -0.05) is 43.3 Å². The number of anilines is 2. The summed E-state index contributed by atoms with van der Waals surface area (Å²) >= 11 is 0. The Labute approximate surface area is 221 Å². The number of carbonyl (C=O) groups is 1. The number of amides is 1. The first-order chi connectivity index (χ1) is 17.6. The van der Waals surface area contributed by atoms with Gasteiger partial charge >= 0.3 is 0 Å². The number of carbonyl (C=O) groups excluding carboxylic acids is 1. The highest BCUT2D eigenvalue weighted by Crippen LogP contribution is 2.27. The summed E-state index contributed by atoms with van der Waals surface area (Å²) in [6.45, 7) is 9.94. The Bertz CT molecular complexity index is 1320. The van der Waals surface area contributed by atoms with Crippen LogP contribution in [0.15, 0.2) is 77.7 Å². The molecule has 0 spiro atoms. The maximum absolute atomic E-state index is 13.6. The Morgan fingerprint density at radius 2 is 1.73 bits per heavy atom. The Kier molecular flexibility index (Phi) is 8.22. The number of rotatable bonds is 8. The molecule has 6 nitrogen and oxygen atoms in total. The van der Waals surface area contributed by atoms with Crippen LogP contribution >= 0.6 is 0 Å². The van der Waals surface area contributed by atoms with Crippen LogP contribution in [-0.2, 0) is 14.8 Å². The molecule has 196 valence electrons. The van der Waals surface area contributed by atoms with Crippen LogP contribution in [0.5, 0.6) is 0 Å². The van der Waals surface area contributed by atoms with Crippen molar-refractivity contribution in [1.29, 1.82) is 0 Å². The van der Waals surface area contributed by atoms with Crippen molar-refractivity contribution in [3.05, 3.63) is 89.5 Å². The molecule has 1 aliphatic heterocycles. The molecule has 0 radical (unpaired) electrons. The quantitative estimate of drug-likeness (QED) is 0.420. The highest BCUT2D eigenvalue weighted by molar-refractivity contribution is 7.92. The first-order valence-corrected chi connectivity index (χ1v) is 14.4. The van der Waals surface area contributed by atoms with Crippen molar-refractivity contribution in [1.82, 2.24) is 5.32 Å². The Morgan fingerprint density at radius 1 is 1.03 bits per heavy atom. The SMILES string of the molecule is Cc1ccc(N(CC(=O)NC(C)c2ccc(N3CCCC(C)C3)cc2)S(=O)(=O)c2ccccc2)cc1C. The van der Waals surface area contributed by atoms with Gasteiger partial charge in [-0.25, -0.2) is 8.42 Å². The van der Waals surface area contributed by atoms with Gasteiger partial charge in [0.05, 0.1) is 16.6 Å². The van der Waals surface area contributed by atoms with Crippen LogP contribution in [-0.4, -0.2) is 34.0 Å². The second-order valence-corrected chi connectivity index (χ2v) is 12.0. The second-order valence-electron chi connectivity index (χ2n) is 10.2. The molecule has 0 aliphatic carbocycles. The zero-order chi connectivity index (χ0) is 26.6. The number of nitrogens with one attached hydrogen (secondary N) is 1. The molecule has 0 aromatic heterocycles. The van der Waals surface area contributed by atoms with Crippen molar-refractivity contribution in [2.24, 2.45) is 5.92 Å². The number of piperidine rings is 1. The molecule has 4 rings (SSSR count). The summed E-state index contributed by atoms with van der Waals surface area (Å²) < 4.78 is 28.3. The van der Waals surface area contributed by atoms with E-state index >= 15 is 0 Å². The molecule has 1 saturated heterocycles. The number of hydrogen-bond donors (Lipinski definition) is 1. The van der Waals surface area contributed by atoms with Crippen LogP contribution in [0.1, 0.15) is 49.4 Å². The standard InChI is InChI=1S/C30H37N3O3S/c1-22-9-8-18-32(20-22)27-16-13-26(14-17-27)25(4)31-30(34)21-33(28-15-12-23(2)24(3)19-28)37(35,36)29-10-6-5-7-11-29/h5-7,10-17,19,22,25H,8-9,18,20-21H2,1-4H3,(H,31,34). The summed E-state index contributed by atoms with van der Waals surface area (Å²) in [6, 6.07) is 21.7. The van der Waals surface area contributed by atoms with Crippen LogP contribution in [0, 0.1) is 19.8 Å². The van der Waals surface area contributed by atoms with Gasteiger partial charge in [-0.15, -0.1) is 0 Å². The van der Waals surface area contributed by atoms with Crippen molar-refractivity contribution >= 4 is 27.3 Å². The summed E-state index contributed by atoms with van der Waals surface area (Å²) in [5.41, 5.74) is 4.66. The van der Waals surface area contributed by atoms with Gasteiger partial charge in [0, 0.05) is 18.8 Å². The lowest BCUT2D eigenvalue weighted by Gasteiger charge is -2.33. The molecule has 1 aliphatic rings. The summed E-state index contributed by atoms with van der Waals surface area (Å²) in [4.78, 5) is 15.7. The van der Waals surface area contributed by atoms with Crippen molar-refractivity contribution in [3.8, 4) is 0 Å². The van der Waals surface area contributed by atoms with Gasteiger partial charge in [-0.2, -0.15) is 0 Å². The van der Waals surface area contributed by atoms with Gasteiger partial charge in [0.25, 0.3) is 10.0 Å². The minimum Gasteiger partial charge on any atom is -0.371 e. The molecular formula is C30H37N3O3S. The third-order valence-corrected chi connectivity index (χ3v) is 8.98. The summed E-state index contributed by atoms with van der Waals surface area (Å²) in [5.74, 6) is 0.332. The van der Waals surface area contributed by atoms with Crippen molar-refractivity contribution in [3.63, 3.8) is 0 Å². The average Bonchev–Trinajstić information content (AvgIpc) is 2.89. The number of sulfonamides is 1. The molecule has 3 aromatic rings. The highest BCUT2D eigenvalue weighted by atomic mass is 32.2. The Morgan fingerprint density at radius 3 is 2.38 bits per heavy atom. The van der Waals surface area contributed by atoms with E-state index in [9.17, 15) is 13.2 Å². The van der Waals surface area contributed by atoms with E-state index in [0.717, 1.165) is 29.8 Å². The molecule has 1 fully saturated rings. The number of benzene rings is 3. The van der Waals surface area contributed by atoms with Crippen LogP contribution < -0.4 is 14.5 Å². The van der Waals surface area contributed by atoms with Crippen LogP contribution in [0.4, 0.5) is 11.4 Å². The van der Waals surface area contributed by atoms with Gasteiger partial charge in [-0.05, 0) is 92.6 Å². The molecule has 37 heavy (non-hydrogen) atoms. The van der Waals surface area contributed by atoms with E-state index in [1.165, 1.54) is 22.8 Å². The zero-order valence-electron chi connectivity index (χ0n) is 22.1. The Hall–Kier alpha value is -3.32. The summed E-state index contributed by atoms with van der Waals surface area (Å²) in [5, 5.41) is 2.99. The lowest BCUT2D eigenvalue weighted by molar-refractivity contribution is -0.120. The predicted molar refractivity (Wildman–Crippen MR) is 151 cm³/mol. The smallest absolute Gasteiger partial charge is 0.264 e. The van der Waals surface area contributed by atoms with Crippen molar-refractivity contribution in [2.45, 2.75) is 51.5 Å². The van der Waals surface area contributed by atoms with Crippen LogP contribution in [0.3, 0.4) is 0 Å². The largest absolute Gasteiger partial charge is 0.371 e. The molecule has 1 heterocycles. The molecule has 2 unspecified atom stereocenters. The average molecular weight is 520 g/mol. The molecule has 1 N–H and O–H groups in total. The number of hydrogen-bond acceptors (Lipinski definition) is 4. The van der Waals surface area contributed by atoms with Gasteiger partial charge < -0.3 is 10.2 Å². The first-order valence-electron chi connectivity index (χ1n) is 12.9.